The Bertz CT molecular complexity index is 505. The lowest BCUT2D eigenvalue weighted by Gasteiger charge is -2.19. The lowest BCUT2D eigenvalue weighted by molar-refractivity contribution is 0.0571. The molecule has 1 atom stereocenters. The first-order valence-electron chi connectivity index (χ1n) is 5.56. The third-order valence-corrected chi connectivity index (χ3v) is 3.71. The van der Waals surface area contributed by atoms with Crippen molar-refractivity contribution in [3.8, 4) is 0 Å². The van der Waals surface area contributed by atoms with E-state index in [9.17, 15) is 14.3 Å². The van der Waals surface area contributed by atoms with Crippen molar-refractivity contribution < 1.29 is 14.3 Å². The Balaban J connectivity index is 2.27. The minimum absolute atomic E-state index is 0.0625. The van der Waals surface area contributed by atoms with Gasteiger partial charge < -0.3 is 15.7 Å². The maximum atomic E-state index is 13.2. The van der Waals surface area contributed by atoms with Gasteiger partial charge in [-0.3, -0.25) is 4.79 Å². The Morgan fingerprint density at radius 2 is 2.28 bits per heavy atom. The molecule has 1 aliphatic rings. The highest BCUT2D eigenvalue weighted by Crippen LogP contribution is 2.27. The Morgan fingerprint density at radius 1 is 1.61 bits per heavy atom. The summed E-state index contributed by atoms with van der Waals surface area (Å²) < 4.78 is 13.6. The number of carbonyl (C=O) groups is 1. The number of β-amino-alcohol motifs (C(OH)–C–C–N with tert-alkyl or cyclic N) is 1. The minimum Gasteiger partial charge on any atom is -0.396 e. The zero-order valence-electron chi connectivity index (χ0n) is 9.91. The van der Waals surface area contributed by atoms with E-state index in [1.807, 2.05) is 0 Å². The molecule has 0 saturated carbocycles. The highest BCUT2D eigenvalue weighted by atomic mass is 79.9. The van der Waals surface area contributed by atoms with Crippen molar-refractivity contribution in [2.24, 2.45) is 0 Å². The summed E-state index contributed by atoms with van der Waals surface area (Å²) in [6, 6.07) is 2.49. The number of likely N-dealkylation sites (tertiary alicyclic amines) is 1. The maximum Gasteiger partial charge on any atom is 0.255 e. The third kappa shape index (κ3) is 2.49. The van der Waals surface area contributed by atoms with Crippen LogP contribution in [0.2, 0.25) is 0 Å². The number of nitrogen functional groups attached to an aromatic ring is 1. The molecule has 0 radical (unpaired) electrons. The second-order valence-electron chi connectivity index (χ2n) is 4.83. The van der Waals surface area contributed by atoms with Crippen molar-refractivity contribution >= 4 is 27.5 Å². The molecule has 0 aromatic heterocycles. The molecule has 1 unspecified atom stereocenters. The van der Waals surface area contributed by atoms with Gasteiger partial charge in [0.2, 0.25) is 0 Å². The first-order chi connectivity index (χ1) is 8.30. The summed E-state index contributed by atoms with van der Waals surface area (Å²) in [7, 11) is 0. The van der Waals surface area contributed by atoms with E-state index in [1.54, 1.807) is 6.92 Å². The molecule has 0 bridgehead atoms. The van der Waals surface area contributed by atoms with Crippen molar-refractivity contribution in [3.63, 3.8) is 0 Å². The number of aliphatic hydroxyl groups is 1. The van der Waals surface area contributed by atoms with Gasteiger partial charge in [-0.2, -0.15) is 0 Å². The van der Waals surface area contributed by atoms with E-state index >= 15 is 0 Å². The van der Waals surface area contributed by atoms with Crippen molar-refractivity contribution in [1.29, 1.82) is 0 Å². The average Bonchev–Trinajstić information content (AvgIpc) is 2.63. The lowest BCUT2D eigenvalue weighted by Crippen LogP contribution is -2.34. The number of nitrogens with two attached hydrogens (primary N) is 1. The Kier molecular flexibility index (Phi) is 3.33. The van der Waals surface area contributed by atoms with Crippen LogP contribution in [0.3, 0.4) is 0 Å². The topological polar surface area (TPSA) is 66.6 Å². The number of benzene rings is 1. The molecule has 98 valence electrons. The van der Waals surface area contributed by atoms with E-state index in [1.165, 1.54) is 17.0 Å². The zero-order chi connectivity index (χ0) is 13.5. The number of amides is 1. The van der Waals surface area contributed by atoms with Crippen molar-refractivity contribution in [1.82, 2.24) is 4.90 Å². The van der Waals surface area contributed by atoms with Crippen LogP contribution >= 0.6 is 15.9 Å². The molecule has 1 aliphatic heterocycles. The molecular formula is C12H14BrFN2O2. The largest absolute Gasteiger partial charge is 0.396 e. The van der Waals surface area contributed by atoms with E-state index in [2.05, 4.69) is 15.9 Å². The fraction of sp³-hybridized carbons (Fsp3) is 0.417. The van der Waals surface area contributed by atoms with Gasteiger partial charge in [-0.05, 0) is 41.4 Å². The SMILES string of the molecule is CC1(O)CCN(C(=O)c2cc(N)c(F)cc2Br)C1. The number of nitrogens with zero attached hydrogens (tertiary/aromatic N) is 1. The molecule has 0 spiro atoms. The Morgan fingerprint density at radius 3 is 2.83 bits per heavy atom. The molecule has 2 rings (SSSR count). The fourth-order valence-corrected chi connectivity index (χ4v) is 2.50. The molecule has 3 N–H and O–H groups in total. The molecule has 1 aromatic rings. The predicted octanol–water partition coefficient (Wildman–Crippen LogP) is 1.77. The normalized spacial score (nSPS) is 23.4. The summed E-state index contributed by atoms with van der Waals surface area (Å²) in [4.78, 5) is 13.8. The first-order valence-corrected chi connectivity index (χ1v) is 6.36. The quantitative estimate of drug-likeness (QED) is 0.776. The van der Waals surface area contributed by atoms with E-state index < -0.39 is 11.4 Å². The molecule has 1 fully saturated rings. The molecule has 1 heterocycles. The molecule has 4 nitrogen and oxygen atoms in total. The molecular weight excluding hydrogens is 303 g/mol. The van der Waals surface area contributed by atoms with Gasteiger partial charge in [0.15, 0.2) is 0 Å². The van der Waals surface area contributed by atoms with Gasteiger partial charge >= 0.3 is 0 Å². The van der Waals surface area contributed by atoms with Gasteiger partial charge in [-0.15, -0.1) is 0 Å². The molecule has 6 heteroatoms. The van der Waals surface area contributed by atoms with Gasteiger partial charge in [-0.1, -0.05) is 0 Å². The maximum absolute atomic E-state index is 13.2. The third-order valence-electron chi connectivity index (χ3n) is 3.06. The summed E-state index contributed by atoms with van der Waals surface area (Å²) in [5.74, 6) is -0.821. The second-order valence-corrected chi connectivity index (χ2v) is 5.68. The van der Waals surface area contributed by atoms with Crippen LogP contribution in [-0.2, 0) is 0 Å². The standard InChI is InChI=1S/C12H14BrFN2O2/c1-12(18)2-3-16(6-12)11(17)7-4-10(15)9(14)5-8(7)13/h4-5,18H,2-3,6,15H2,1H3. The van der Waals surface area contributed by atoms with Crippen molar-refractivity contribution in [2.75, 3.05) is 18.8 Å². The van der Waals surface area contributed by atoms with Gasteiger partial charge in [0.25, 0.3) is 5.91 Å². The first kappa shape index (κ1) is 13.3. The highest BCUT2D eigenvalue weighted by molar-refractivity contribution is 9.10. The van der Waals surface area contributed by atoms with Crippen LogP contribution in [0.15, 0.2) is 16.6 Å². The molecule has 1 amide bonds. The van der Waals surface area contributed by atoms with Crippen LogP contribution in [0.25, 0.3) is 0 Å². The van der Waals surface area contributed by atoms with Gasteiger partial charge in [0.05, 0.1) is 16.9 Å². The van der Waals surface area contributed by atoms with Crippen LogP contribution in [0, 0.1) is 5.82 Å². The minimum atomic E-state index is -0.853. The second kappa shape index (κ2) is 4.51. The van der Waals surface area contributed by atoms with E-state index in [0.717, 1.165) is 0 Å². The number of carbonyl (C=O) groups excluding carboxylic acids is 1. The lowest BCUT2D eigenvalue weighted by atomic mass is 10.1. The summed E-state index contributed by atoms with van der Waals surface area (Å²) in [6.07, 6.45) is 0.535. The number of rotatable bonds is 1. The summed E-state index contributed by atoms with van der Waals surface area (Å²) in [5.41, 5.74) is 4.86. The number of hydrogen-bond acceptors (Lipinski definition) is 3. The van der Waals surface area contributed by atoms with E-state index in [4.69, 9.17) is 5.73 Å². The van der Waals surface area contributed by atoms with Gasteiger partial charge in [-0.25, -0.2) is 4.39 Å². The highest BCUT2D eigenvalue weighted by Gasteiger charge is 2.34. The molecule has 1 saturated heterocycles. The number of anilines is 1. The Hall–Kier alpha value is -1.14. The molecule has 1 aromatic carbocycles. The predicted molar refractivity (Wildman–Crippen MR) is 69.7 cm³/mol. The monoisotopic (exact) mass is 316 g/mol. The van der Waals surface area contributed by atoms with Crippen LogP contribution < -0.4 is 5.73 Å². The van der Waals surface area contributed by atoms with E-state index in [0.29, 0.717) is 23.0 Å². The number of hydrogen-bond donors (Lipinski definition) is 2. The number of halogens is 2. The average molecular weight is 317 g/mol. The van der Waals surface area contributed by atoms with Crippen LogP contribution in [-0.4, -0.2) is 34.6 Å². The molecule has 18 heavy (non-hydrogen) atoms. The van der Waals surface area contributed by atoms with Crippen LogP contribution in [0.4, 0.5) is 10.1 Å². The van der Waals surface area contributed by atoms with Gasteiger partial charge in [0, 0.05) is 17.6 Å². The zero-order valence-corrected chi connectivity index (χ0v) is 11.5. The Labute approximate surface area is 113 Å². The van der Waals surface area contributed by atoms with Crippen LogP contribution in [0.5, 0.6) is 0 Å². The fourth-order valence-electron chi connectivity index (χ4n) is 2.02. The van der Waals surface area contributed by atoms with Gasteiger partial charge in [0.1, 0.15) is 5.82 Å². The summed E-state index contributed by atoms with van der Waals surface area (Å²) >= 11 is 3.15. The van der Waals surface area contributed by atoms with E-state index in [-0.39, 0.29) is 18.1 Å². The summed E-state index contributed by atoms with van der Waals surface area (Å²) in [5, 5.41) is 9.84. The van der Waals surface area contributed by atoms with Crippen molar-refractivity contribution in [2.45, 2.75) is 18.9 Å². The van der Waals surface area contributed by atoms with Crippen LogP contribution in [0.1, 0.15) is 23.7 Å². The smallest absolute Gasteiger partial charge is 0.255 e. The summed E-state index contributed by atoms with van der Waals surface area (Å²) in [6.45, 7) is 2.44. The van der Waals surface area contributed by atoms with Crippen molar-refractivity contribution in [3.05, 3.63) is 28.0 Å². The molecule has 0 aliphatic carbocycles.